The molecule has 1 aromatic rings. The van der Waals surface area contributed by atoms with E-state index in [1.807, 2.05) is 18.7 Å². The van der Waals surface area contributed by atoms with Crippen molar-refractivity contribution in [2.24, 2.45) is 11.3 Å². The third kappa shape index (κ3) is 4.45. The van der Waals surface area contributed by atoms with Gasteiger partial charge in [-0.1, -0.05) is 6.92 Å². The van der Waals surface area contributed by atoms with Crippen molar-refractivity contribution in [3.05, 3.63) is 17.5 Å². The van der Waals surface area contributed by atoms with Crippen LogP contribution in [0.1, 0.15) is 56.3 Å². The highest BCUT2D eigenvalue weighted by Crippen LogP contribution is 2.47. The normalized spacial score (nSPS) is 34.0. The summed E-state index contributed by atoms with van der Waals surface area (Å²) in [6, 6.07) is 1.30. The summed E-state index contributed by atoms with van der Waals surface area (Å²) in [5.41, 5.74) is -0.356. The Hall–Kier alpha value is -0.830. The van der Waals surface area contributed by atoms with Crippen molar-refractivity contribution in [2.75, 3.05) is 24.6 Å². The molecule has 2 saturated heterocycles. The van der Waals surface area contributed by atoms with E-state index in [1.54, 1.807) is 0 Å². The Morgan fingerprint density at radius 2 is 2.07 bits per heavy atom. The molecule has 164 valence electrons. The molecule has 0 amide bonds. The van der Waals surface area contributed by atoms with Gasteiger partial charge in [0, 0.05) is 30.0 Å². The number of nitrogens with zero attached hydrogens (tertiary/aromatic N) is 3. The quantitative estimate of drug-likeness (QED) is 0.599. The van der Waals surface area contributed by atoms with E-state index in [1.165, 1.54) is 24.3 Å². The molecule has 0 N–H and O–H groups in total. The zero-order valence-electron chi connectivity index (χ0n) is 16.6. The molecule has 0 radical (unpaired) electrons. The van der Waals surface area contributed by atoms with Crippen LogP contribution in [-0.2, 0) is 12.7 Å². The van der Waals surface area contributed by atoms with Crippen molar-refractivity contribution in [1.29, 1.82) is 0 Å². The molecule has 3 nitrogen and oxygen atoms in total. The molecule has 1 aromatic heterocycles. The van der Waals surface area contributed by atoms with Crippen LogP contribution in [0.15, 0.2) is 6.07 Å². The van der Waals surface area contributed by atoms with E-state index >= 15 is 0 Å². The average Bonchev–Trinajstić information content (AvgIpc) is 3.33. The number of halogens is 5. The van der Waals surface area contributed by atoms with Crippen LogP contribution in [0.2, 0.25) is 0 Å². The molecule has 0 bridgehead atoms. The predicted octanol–water partition coefficient (Wildman–Crippen LogP) is 5.27. The first-order chi connectivity index (χ1) is 13.7. The van der Waals surface area contributed by atoms with Crippen LogP contribution in [-0.4, -0.2) is 51.7 Å². The van der Waals surface area contributed by atoms with Gasteiger partial charge in [-0.2, -0.15) is 30.0 Å². The lowest BCUT2D eigenvalue weighted by Gasteiger charge is -2.43. The second kappa shape index (κ2) is 8.02. The summed E-state index contributed by atoms with van der Waals surface area (Å²) >= 11 is 2.02. The first-order valence-electron chi connectivity index (χ1n) is 10.4. The third-order valence-corrected chi connectivity index (χ3v) is 8.35. The molecule has 3 heterocycles. The maximum Gasteiger partial charge on any atom is 0.435 e. The number of aromatic nitrogens is 2. The average molecular weight is 438 g/mol. The number of hydrogen-bond donors (Lipinski definition) is 0. The fourth-order valence-electron chi connectivity index (χ4n) is 5.60. The van der Waals surface area contributed by atoms with Gasteiger partial charge in [-0.05, 0) is 61.8 Å². The van der Waals surface area contributed by atoms with Crippen LogP contribution in [0.5, 0.6) is 0 Å². The SMILES string of the molecule is CC1CC(N2CCC[C@@]3(CCSC3)C2)C[C@H]1c1cc(C(F)(F)F)nn1CC(F)F. The molecule has 1 aliphatic carbocycles. The Morgan fingerprint density at radius 1 is 1.28 bits per heavy atom. The van der Waals surface area contributed by atoms with E-state index in [2.05, 4.69) is 10.00 Å². The molecule has 29 heavy (non-hydrogen) atoms. The summed E-state index contributed by atoms with van der Waals surface area (Å²) in [4.78, 5) is 2.53. The Kier molecular flexibility index (Phi) is 5.92. The Morgan fingerprint density at radius 3 is 2.72 bits per heavy atom. The predicted molar refractivity (Wildman–Crippen MR) is 103 cm³/mol. The molecule has 4 rings (SSSR count). The van der Waals surface area contributed by atoms with Crippen LogP contribution >= 0.6 is 11.8 Å². The van der Waals surface area contributed by atoms with E-state index in [0.717, 1.165) is 43.1 Å². The van der Waals surface area contributed by atoms with Crippen molar-refractivity contribution < 1.29 is 22.0 Å². The molecular formula is C20H28F5N3S. The first kappa shape index (κ1) is 21.4. The lowest BCUT2D eigenvalue weighted by Crippen LogP contribution is -2.47. The zero-order valence-corrected chi connectivity index (χ0v) is 17.4. The highest BCUT2D eigenvalue weighted by molar-refractivity contribution is 7.99. The number of rotatable bonds is 4. The molecule has 9 heteroatoms. The summed E-state index contributed by atoms with van der Waals surface area (Å²) < 4.78 is 66.4. The second-order valence-electron chi connectivity index (χ2n) is 9.11. The van der Waals surface area contributed by atoms with Crippen LogP contribution in [0.3, 0.4) is 0 Å². The molecule has 0 aromatic carbocycles. The summed E-state index contributed by atoms with van der Waals surface area (Å²) in [7, 11) is 0. The van der Waals surface area contributed by atoms with Crippen LogP contribution in [0.25, 0.3) is 0 Å². The zero-order chi connectivity index (χ0) is 20.8. The van der Waals surface area contributed by atoms with Crippen molar-refractivity contribution in [3.8, 4) is 0 Å². The molecule has 2 aliphatic heterocycles. The topological polar surface area (TPSA) is 21.1 Å². The van der Waals surface area contributed by atoms with Gasteiger partial charge in [0.2, 0.25) is 0 Å². The lowest BCUT2D eigenvalue weighted by atomic mass is 9.79. The summed E-state index contributed by atoms with van der Waals surface area (Å²) in [6.45, 7) is 3.33. The van der Waals surface area contributed by atoms with Crippen LogP contribution in [0, 0.1) is 11.3 Å². The van der Waals surface area contributed by atoms with E-state index in [4.69, 9.17) is 0 Å². The molecule has 1 spiro atoms. The Bertz CT molecular complexity index is 713. The standard InChI is InChI=1S/C20H28F5N3S/c1-13-7-14(27-5-2-3-19(11-27)4-6-29-12-19)8-15(13)16-9-17(20(23,24)25)26-28(16)10-18(21)22/h9,13-15,18H,2-8,10-12H2,1H3/t13?,14?,15-,19-/m1/s1. The van der Waals surface area contributed by atoms with Gasteiger partial charge in [-0.25, -0.2) is 8.78 Å². The molecule has 4 atom stereocenters. The minimum Gasteiger partial charge on any atom is -0.300 e. The van der Waals surface area contributed by atoms with Crippen LogP contribution in [0.4, 0.5) is 22.0 Å². The van der Waals surface area contributed by atoms with Gasteiger partial charge in [0.1, 0.15) is 6.54 Å². The summed E-state index contributed by atoms with van der Waals surface area (Å²) in [6.07, 6.45) is -2.07. The number of piperidine rings is 1. The summed E-state index contributed by atoms with van der Waals surface area (Å²) in [5, 5.41) is 3.49. The maximum atomic E-state index is 13.2. The smallest absolute Gasteiger partial charge is 0.300 e. The molecule has 3 aliphatic rings. The van der Waals surface area contributed by atoms with E-state index in [-0.39, 0.29) is 11.8 Å². The highest BCUT2D eigenvalue weighted by Gasteiger charge is 2.44. The number of alkyl halides is 5. The van der Waals surface area contributed by atoms with Gasteiger partial charge in [0.15, 0.2) is 5.69 Å². The molecule has 3 fully saturated rings. The van der Waals surface area contributed by atoms with Gasteiger partial charge >= 0.3 is 6.18 Å². The maximum absolute atomic E-state index is 13.2. The molecular weight excluding hydrogens is 409 g/mol. The number of hydrogen-bond acceptors (Lipinski definition) is 3. The molecule has 1 saturated carbocycles. The van der Waals surface area contributed by atoms with Gasteiger partial charge in [0.05, 0.1) is 0 Å². The van der Waals surface area contributed by atoms with Crippen molar-refractivity contribution in [3.63, 3.8) is 0 Å². The number of thioether (sulfide) groups is 1. The number of likely N-dealkylation sites (tertiary alicyclic amines) is 1. The first-order valence-corrected chi connectivity index (χ1v) is 11.6. The third-order valence-electron chi connectivity index (χ3n) is 7.04. The van der Waals surface area contributed by atoms with Gasteiger partial charge < -0.3 is 0 Å². The van der Waals surface area contributed by atoms with Gasteiger partial charge in [-0.15, -0.1) is 0 Å². The fourth-order valence-corrected chi connectivity index (χ4v) is 7.13. The van der Waals surface area contributed by atoms with Crippen molar-refractivity contribution in [1.82, 2.24) is 14.7 Å². The monoisotopic (exact) mass is 437 g/mol. The largest absolute Gasteiger partial charge is 0.435 e. The van der Waals surface area contributed by atoms with Crippen molar-refractivity contribution in [2.45, 2.75) is 70.1 Å². The van der Waals surface area contributed by atoms with E-state index in [9.17, 15) is 22.0 Å². The minimum absolute atomic E-state index is 0.144. The lowest BCUT2D eigenvalue weighted by molar-refractivity contribution is -0.141. The Labute approximate surface area is 172 Å². The second-order valence-corrected chi connectivity index (χ2v) is 10.2. The van der Waals surface area contributed by atoms with E-state index in [0.29, 0.717) is 17.2 Å². The minimum atomic E-state index is -4.62. The van der Waals surface area contributed by atoms with Crippen LogP contribution < -0.4 is 0 Å². The van der Waals surface area contributed by atoms with Crippen molar-refractivity contribution >= 4 is 11.8 Å². The van der Waals surface area contributed by atoms with Gasteiger partial charge in [-0.3, -0.25) is 9.58 Å². The van der Waals surface area contributed by atoms with Gasteiger partial charge in [0.25, 0.3) is 6.43 Å². The molecule has 2 unspecified atom stereocenters. The Balaban J connectivity index is 1.53. The van der Waals surface area contributed by atoms with E-state index < -0.39 is 24.8 Å². The fraction of sp³-hybridized carbons (Fsp3) is 0.850. The highest BCUT2D eigenvalue weighted by atomic mass is 32.2. The summed E-state index contributed by atoms with van der Waals surface area (Å²) in [5.74, 6) is 2.39.